The molecule has 2 aromatic rings. The molecule has 0 bridgehead atoms. The van der Waals surface area contributed by atoms with E-state index < -0.39 is 17.6 Å². The summed E-state index contributed by atoms with van der Waals surface area (Å²) in [6.07, 6.45) is 6.74. The van der Waals surface area contributed by atoms with Crippen molar-refractivity contribution >= 4 is 34.9 Å². The molecule has 3 N–H and O–H groups in total. The number of hydrogen-bond donors (Lipinski definition) is 3. The Morgan fingerprint density at radius 3 is 2.29 bits per heavy atom. The maximum atomic E-state index is 13.3. The molecule has 1 amide bonds. The van der Waals surface area contributed by atoms with Gasteiger partial charge in [0.15, 0.2) is 0 Å². The van der Waals surface area contributed by atoms with Gasteiger partial charge in [0.2, 0.25) is 0 Å². The van der Waals surface area contributed by atoms with Crippen molar-refractivity contribution in [1.29, 1.82) is 0 Å². The molecule has 0 aromatic heterocycles. The summed E-state index contributed by atoms with van der Waals surface area (Å²) < 4.78 is 0. The lowest BCUT2D eigenvalue weighted by molar-refractivity contribution is -0.135. The number of nitrogens with zero attached hydrogens (tertiary/aromatic N) is 3. The molecule has 1 unspecified atom stereocenters. The van der Waals surface area contributed by atoms with Crippen LogP contribution in [0.4, 0.5) is 17.1 Å². The maximum absolute atomic E-state index is 13.3. The first-order valence-electron chi connectivity index (χ1n) is 13.3. The molecule has 3 heterocycles. The predicted molar refractivity (Wildman–Crippen MR) is 145 cm³/mol. The van der Waals surface area contributed by atoms with Crippen LogP contribution in [0.1, 0.15) is 49.4 Å². The Hall–Kier alpha value is -3.85. The Morgan fingerprint density at radius 2 is 1.63 bits per heavy atom. The smallest absolute Gasteiger partial charge is 0.336 e. The number of carboxylic acid groups (broad SMARTS) is 2. The van der Waals surface area contributed by atoms with Crippen LogP contribution in [-0.4, -0.2) is 75.7 Å². The number of para-hydroxylation sites is 2. The number of anilines is 3. The van der Waals surface area contributed by atoms with E-state index in [1.807, 2.05) is 29.2 Å². The summed E-state index contributed by atoms with van der Waals surface area (Å²) in [4.78, 5) is 43.2. The van der Waals surface area contributed by atoms with Crippen LogP contribution in [0.3, 0.4) is 0 Å². The van der Waals surface area contributed by atoms with Gasteiger partial charge in [-0.15, -0.1) is 0 Å². The maximum Gasteiger partial charge on any atom is 0.336 e. The topological polar surface area (TPSA) is 113 Å². The van der Waals surface area contributed by atoms with Gasteiger partial charge in [-0.1, -0.05) is 25.0 Å². The molecule has 2 aromatic carbocycles. The zero-order valence-electron chi connectivity index (χ0n) is 21.6. The van der Waals surface area contributed by atoms with Gasteiger partial charge in [0.1, 0.15) is 5.66 Å². The number of likely N-dealkylation sites (tertiary alicyclic amines) is 2. The number of carbonyl (C=O) groups is 3. The van der Waals surface area contributed by atoms with Crippen LogP contribution < -0.4 is 10.2 Å². The molecular formula is C29H34N4O5. The molecule has 2 fully saturated rings. The lowest BCUT2D eigenvalue weighted by Crippen LogP contribution is -2.49. The van der Waals surface area contributed by atoms with Gasteiger partial charge in [-0.05, 0) is 75.7 Å². The van der Waals surface area contributed by atoms with Crippen molar-refractivity contribution in [3.63, 3.8) is 0 Å². The Balaban J connectivity index is 1.39. The van der Waals surface area contributed by atoms with Crippen molar-refractivity contribution < 1.29 is 24.6 Å². The molecule has 0 aliphatic carbocycles. The molecule has 38 heavy (non-hydrogen) atoms. The molecule has 9 nitrogen and oxygen atoms in total. The minimum Gasteiger partial charge on any atom is -0.478 e. The molecule has 200 valence electrons. The first-order valence-corrected chi connectivity index (χ1v) is 13.3. The predicted octanol–water partition coefficient (Wildman–Crippen LogP) is 4.15. The van der Waals surface area contributed by atoms with E-state index in [1.54, 1.807) is 36.1 Å². The van der Waals surface area contributed by atoms with E-state index >= 15 is 0 Å². The highest BCUT2D eigenvalue weighted by molar-refractivity contribution is 6.01. The normalized spacial score (nSPS) is 24.0. The van der Waals surface area contributed by atoms with Crippen LogP contribution in [0.25, 0.3) is 0 Å². The third-order valence-electron chi connectivity index (χ3n) is 7.97. The van der Waals surface area contributed by atoms with Crippen LogP contribution >= 0.6 is 0 Å². The fourth-order valence-corrected chi connectivity index (χ4v) is 6.07. The summed E-state index contributed by atoms with van der Waals surface area (Å²) in [5.41, 5.74) is 0.943. The Labute approximate surface area is 222 Å². The summed E-state index contributed by atoms with van der Waals surface area (Å²) in [6, 6.07) is 14.9. The molecule has 2 saturated heterocycles. The highest BCUT2D eigenvalue weighted by Gasteiger charge is 2.46. The van der Waals surface area contributed by atoms with Crippen molar-refractivity contribution in [3.8, 4) is 0 Å². The van der Waals surface area contributed by atoms with E-state index in [9.17, 15) is 24.6 Å². The standard InChI is InChI=1S/C29H34N4O5/c1-29(23(28(37)38)18-26(34)35)30-24-8-4-5-9-25(24)33(29)21-12-10-20(11-13-21)27(36)32-17-14-22(19-32)31-15-6-2-3-7-16-31/h4-5,8-13,18,22,30H,2-3,6-7,14-17,19H2,1H3,(H,34,35)(H,37,38)/t22-,29?/m0/s1. The molecule has 5 rings (SSSR count). The molecule has 0 spiro atoms. The fraction of sp³-hybridized carbons (Fsp3) is 0.414. The summed E-state index contributed by atoms with van der Waals surface area (Å²) in [6.45, 7) is 5.34. The molecule has 9 heteroatoms. The molecule has 3 aliphatic rings. The fourth-order valence-electron chi connectivity index (χ4n) is 6.07. The van der Waals surface area contributed by atoms with Crippen LogP contribution in [0.2, 0.25) is 0 Å². The molecule has 0 radical (unpaired) electrons. The van der Waals surface area contributed by atoms with Crippen LogP contribution in [0, 0.1) is 0 Å². The first-order chi connectivity index (χ1) is 18.3. The summed E-state index contributed by atoms with van der Waals surface area (Å²) in [7, 11) is 0. The van der Waals surface area contributed by atoms with E-state index in [-0.39, 0.29) is 11.5 Å². The van der Waals surface area contributed by atoms with Gasteiger partial charge in [0.05, 0.1) is 16.9 Å². The quantitative estimate of drug-likeness (QED) is 0.489. The van der Waals surface area contributed by atoms with Crippen molar-refractivity contribution in [2.45, 2.75) is 50.7 Å². The molecule has 0 saturated carbocycles. The zero-order chi connectivity index (χ0) is 26.9. The van der Waals surface area contributed by atoms with Gasteiger partial charge < -0.3 is 25.3 Å². The van der Waals surface area contributed by atoms with Gasteiger partial charge in [0, 0.05) is 36.5 Å². The number of fused-ring (bicyclic) bond motifs is 1. The molecular weight excluding hydrogens is 484 g/mol. The Kier molecular flexibility index (Phi) is 7.12. The number of carboxylic acids is 2. The SMILES string of the molecule is CC1(C(=CC(=O)O)C(=O)O)Nc2ccccc2N1c1ccc(C(=O)N2CC[C@H](N3CCCCCC3)C2)cc1. The highest BCUT2D eigenvalue weighted by Crippen LogP contribution is 2.47. The number of rotatable bonds is 6. The van der Waals surface area contributed by atoms with Crippen molar-refractivity contribution in [2.24, 2.45) is 0 Å². The number of benzene rings is 2. The van der Waals surface area contributed by atoms with Gasteiger partial charge >= 0.3 is 11.9 Å². The molecule has 3 aliphatic heterocycles. The third kappa shape index (κ3) is 4.86. The molecule has 2 atom stereocenters. The lowest BCUT2D eigenvalue weighted by Gasteiger charge is -2.37. The van der Waals surface area contributed by atoms with Crippen molar-refractivity contribution in [3.05, 3.63) is 65.7 Å². The van der Waals surface area contributed by atoms with Gasteiger partial charge in [-0.25, -0.2) is 9.59 Å². The van der Waals surface area contributed by atoms with E-state index in [0.29, 0.717) is 28.7 Å². The van der Waals surface area contributed by atoms with Gasteiger partial charge in [-0.2, -0.15) is 0 Å². The summed E-state index contributed by atoms with van der Waals surface area (Å²) in [5.74, 6) is -2.68. The Morgan fingerprint density at radius 1 is 0.947 bits per heavy atom. The van der Waals surface area contributed by atoms with Crippen LogP contribution in [0.5, 0.6) is 0 Å². The van der Waals surface area contributed by atoms with E-state index in [2.05, 4.69) is 10.2 Å². The summed E-state index contributed by atoms with van der Waals surface area (Å²) >= 11 is 0. The Bertz CT molecular complexity index is 1250. The second-order valence-electron chi connectivity index (χ2n) is 10.4. The zero-order valence-corrected chi connectivity index (χ0v) is 21.6. The number of carbonyl (C=O) groups excluding carboxylic acids is 1. The second-order valence-corrected chi connectivity index (χ2v) is 10.4. The minimum absolute atomic E-state index is 0.00595. The average molecular weight is 519 g/mol. The number of aliphatic carboxylic acids is 2. The van der Waals surface area contributed by atoms with E-state index in [4.69, 9.17) is 0 Å². The van der Waals surface area contributed by atoms with E-state index in [1.165, 1.54) is 25.7 Å². The monoisotopic (exact) mass is 518 g/mol. The summed E-state index contributed by atoms with van der Waals surface area (Å²) in [5, 5.41) is 22.5. The van der Waals surface area contributed by atoms with Crippen LogP contribution in [0.15, 0.2) is 60.2 Å². The van der Waals surface area contributed by atoms with Crippen LogP contribution in [-0.2, 0) is 9.59 Å². The number of amides is 1. The average Bonchev–Trinajstić information content (AvgIpc) is 3.39. The third-order valence-corrected chi connectivity index (χ3v) is 7.97. The minimum atomic E-state index is -1.37. The van der Waals surface area contributed by atoms with Gasteiger partial charge in [0.25, 0.3) is 5.91 Å². The number of hydrogen-bond acceptors (Lipinski definition) is 6. The largest absolute Gasteiger partial charge is 0.478 e. The van der Waals surface area contributed by atoms with Gasteiger partial charge in [-0.3, -0.25) is 9.69 Å². The highest BCUT2D eigenvalue weighted by atomic mass is 16.4. The second kappa shape index (κ2) is 10.5. The first kappa shape index (κ1) is 25.8. The van der Waals surface area contributed by atoms with Crippen molar-refractivity contribution in [2.75, 3.05) is 36.4 Å². The van der Waals surface area contributed by atoms with Crippen molar-refractivity contribution in [1.82, 2.24) is 9.80 Å². The lowest BCUT2D eigenvalue weighted by atomic mass is 9.98. The van der Waals surface area contributed by atoms with E-state index in [0.717, 1.165) is 38.7 Å². The number of nitrogens with one attached hydrogen (secondary N) is 1.